The summed E-state index contributed by atoms with van der Waals surface area (Å²) in [5, 5.41) is 16.5. The molecular weight excluding hydrogens is 346 g/mol. The van der Waals surface area contributed by atoms with Gasteiger partial charge in [-0.3, -0.25) is 19.2 Å². The van der Waals surface area contributed by atoms with Crippen molar-refractivity contribution in [3.63, 3.8) is 0 Å². The van der Waals surface area contributed by atoms with E-state index >= 15 is 0 Å². The maximum absolute atomic E-state index is 12.4. The summed E-state index contributed by atoms with van der Waals surface area (Å²) in [6.45, 7) is 1.92. The van der Waals surface area contributed by atoms with Gasteiger partial charge in [0.1, 0.15) is 12.1 Å². The molecule has 2 saturated heterocycles. The molecule has 8 heteroatoms. The lowest BCUT2D eigenvalue weighted by atomic mass is 10.0. The number of nitrogens with one attached hydrogen (secondary N) is 1. The molecule has 2 atom stereocenters. The minimum Gasteiger partial charge on any atom is -0.394 e. The quantitative estimate of drug-likeness (QED) is 0.765. The number of rotatable bonds is 4. The number of amides is 2. The number of piperazine rings is 2. The third kappa shape index (κ3) is 3.33. The number of nitrogens with zero attached hydrogens (tertiary/aromatic N) is 4. The van der Waals surface area contributed by atoms with Crippen LogP contribution in [0.25, 0.3) is 11.3 Å². The van der Waals surface area contributed by atoms with Crippen molar-refractivity contribution in [3.8, 4) is 11.3 Å². The number of aromatic nitrogens is 2. The van der Waals surface area contributed by atoms with Crippen LogP contribution in [0.3, 0.4) is 0 Å². The van der Waals surface area contributed by atoms with Crippen LogP contribution in [0, 0.1) is 0 Å². The van der Waals surface area contributed by atoms with Crippen LogP contribution in [0.15, 0.2) is 36.5 Å². The lowest BCUT2D eigenvalue weighted by molar-refractivity contribution is -0.154. The summed E-state index contributed by atoms with van der Waals surface area (Å²) in [4.78, 5) is 28.5. The number of fused-ring (bicyclic) bond motifs is 1. The van der Waals surface area contributed by atoms with Gasteiger partial charge in [0.05, 0.1) is 12.3 Å². The Labute approximate surface area is 157 Å². The van der Waals surface area contributed by atoms with E-state index in [4.69, 9.17) is 0 Å². The average Bonchev–Trinajstić information content (AvgIpc) is 3.05. The molecule has 2 fully saturated rings. The minimum absolute atomic E-state index is 0.201. The van der Waals surface area contributed by atoms with Gasteiger partial charge in [0.25, 0.3) is 0 Å². The number of carbonyl (C=O) groups is 2. The standard InChI is InChI=1S/C19H23N5O3/c1-22-9-14(17(21-22)13-5-3-2-4-6-13)10-23-7-8-24-16(11-23)18(26)20-15(12-25)19(24)27/h2-6,9,15-16,25H,7-8,10-12H2,1H3,(H,20,26)/t15-,16-/m1/s1. The van der Waals surface area contributed by atoms with Crippen molar-refractivity contribution >= 4 is 11.8 Å². The highest BCUT2D eigenvalue weighted by Gasteiger charge is 2.43. The fourth-order valence-corrected chi connectivity index (χ4v) is 3.86. The normalized spacial score (nSPS) is 23.3. The van der Waals surface area contributed by atoms with Crippen molar-refractivity contribution in [2.45, 2.75) is 18.6 Å². The third-order valence-electron chi connectivity index (χ3n) is 5.19. The van der Waals surface area contributed by atoms with Gasteiger partial charge in [-0.05, 0) is 0 Å². The van der Waals surface area contributed by atoms with Gasteiger partial charge in [-0.25, -0.2) is 0 Å². The van der Waals surface area contributed by atoms with Gasteiger partial charge >= 0.3 is 0 Å². The highest BCUT2D eigenvalue weighted by molar-refractivity contribution is 5.97. The average molecular weight is 369 g/mol. The fourth-order valence-electron chi connectivity index (χ4n) is 3.86. The van der Waals surface area contributed by atoms with Crippen molar-refractivity contribution in [2.24, 2.45) is 7.05 Å². The Morgan fingerprint density at radius 3 is 2.74 bits per heavy atom. The van der Waals surface area contributed by atoms with E-state index in [0.717, 1.165) is 16.8 Å². The van der Waals surface area contributed by atoms with Crippen LogP contribution in [-0.2, 0) is 23.2 Å². The van der Waals surface area contributed by atoms with Crippen molar-refractivity contribution in [1.29, 1.82) is 0 Å². The van der Waals surface area contributed by atoms with Crippen LogP contribution >= 0.6 is 0 Å². The molecule has 2 amide bonds. The first-order chi connectivity index (χ1) is 13.1. The summed E-state index contributed by atoms with van der Waals surface area (Å²) in [6.07, 6.45) is 2.00. The zero-order valence-corrected chi connectivity index (χ0v) is 15.2. The van der Waals surface area contributed by atoms with E-state index in [2.05, 4.69) is 15.3 Å². The van der Waals surface area contributed by atoms with E-state index in [1.54, 1.807) is 9.58 Å². The molecule has 1 aromatic carbocycles. The highest BCUT2D eigenvalue weighted by Crippen LogP contribution is 2.24. The van der Waals surface area contributed by atoms with Crippen LogP contribution in [0.2, 0.25) is 0 Å². The third-order valence-corrected chi connectivity index (χ3v) is 5.19. The lowest BCUT2D eigenvalue weighted by Crippen LogP contribution is -2.69. The number of benzene rings is 1. The molecular formula is C19H23N5O3. The lowest BCUT2D eigenvalue weighted by Gasteiger charge is -2.45. The fraction of sp³-hybridized carbons (Fsp3) is 0.421. The van der Waals surface area contributed by atoms with Crippen LogP contribution in [0.5, 0.6) is 0 Å². The van der Waals surface area contributed by atoms with Gasteiger partial charge in [-0.1, -0.05) is 30.3 Å². The van der Waals surface area contributed by atoms with Crippen molar-refractivity contribution < 1.29 is 14.7 Å². The molecule has 0 unspecified atom stereocenters. The Bertz CT molecular complexity index is 850. The smallest absolute Gasteiger partial charge is 0.248 e. The molecule has 0 bridgehead atoms. The predicted octanol–water partition coefficient (Wildman–Crippen LogP) is -0.409. The molecule has 1 aromatic heterocycles. The summed E-state index contributed by atoms with van der Waals surface area (Å²) >= 11 is 0. The maximum atomic E-state index is 12.4. The Kier molecular flexibility index (Phi) is 4.67. The van der Waals surface area contributed by atoms with Crippen LogP contribution in [0.4, 0.5) is 0 Å². The molecule has 0 spiro atoms. The molecule has 2 aliphatic heterocycles. The van der Waals surface area contributed by atoms with Gasteiger partial charge in [0, 0.05) is 50.6 Å². The van der Waals surface area contributed by atoms with Gasteiger partial charge in [0.15, 0.2) is 0 Å². The molecule has 8 nitrogen and oxygen atoms in total. The molecule has 4 rings (SSSR count). The van der Waals surface area contributed by atoms with Gasteiger partial charge in [0.2, 0.25) is 11.8 Å². The molecule has 2 N–H and O–H groups in total. The van der Waals surface area contributed by atoms with E-state index in [9.17, 15) is 14.7 Å². The maximum Gasteiger partial charge on any atom is 0.248 e. The second kappa shape index (κ2) is 7.13. The SMILES string of the molecule is Cn1cc(CN2CCN3C(=O)[C@@H](CO)NC(=O)[C@H]3C2)c(-c2ccccc2)n1. The van der Waals surface area contributed by atoms with E-state index in [1.807, 2.05) is 43.6 Å². The zero-order valence-electron chi connectivity index (χ0n) is 15.2. The van der Waals surface area contributed by atoms with E-state index < -0.39 is 12.1 Å². The number of aliphatic hydroxyl groups is 1. The molecule has 2 aromatic rings. The summed E-state index contributed by atoms with van der Waals surface area (Å²) < 4.78 is 1.80. The number of carbonyl (C=O) groups excluding carboxylic acids is 2. The van der Waals surface area contributed by atoms with E-state index in [-0.39, 0.29) is 18.4 Å². The van der Waals surface area contributed by atoms with Crippen LogP contribution in [0.1, 0.15) is 5.56 Å². The van der Waals surface area contributed by atoms with Crippen LogP contribution < -0.4 is 5.32 Å². The molecule has 0 radical (unpaired) electrons. The molecule has 27 heavy (non-hydrogen) atoms. The first-order valence-electron chi connectivity index (χ1n) is 9.09. The van der Waals surface area contributed by atoms with Crippen molar-refractivity contribution in [1.82, 2.24) is 24.9 Å². The largest absolute Gasteiger partial charge is 0.394 e. The number of hydrogen-bond donors (Lipinski definition) is 2. The first-order valence-corrected chi connectivity index (χ1v) is 9.09. The second-order valence-corrected chi connectivity index (χ2v) is 7.07. The van der Waals surface area contributed by atoms with Crippen molar-refractivity contribution in [3.05, 3.63) is 42.1 Å². The zero-order chi connectivity index (χ0) is 19.0. The second-order valence-electron chi connectivity index (χ2n) is 7.07. The Morgan fingerprint density at radius 2 is 2.00 bits per heavy atom. The Morgan fingerprint density at radius 1 is 1.22 bits per heavy atom. The summed E-state index contributed by atoms with van der Waals surface area (Å²) in [6, 6.07) is 8.70. The molecule has 2 aliphatic rings. The van der Waals surface area contributed by atoms with Crippen molar-refractivity contribution in [2.75, 3.05) is 26.2 Å². The Balaban J connectivity index is 1.51. The summed E-state index contributed by atoms with van der Waals surface area (Å²) in [7, 11) is 1.90. The van der Waals surface area contributed by atoms with Gasteiger partial charge in [-0.2, -0.15) is 5.10 Å². The van der Waals surface area contributed by atoms with Gasteiger partial charge < -0.3 is 15.3 Å². The van der Waals surface area contributed by atoms with E-state index in [0.29, 0.717) is 26.2 Å². The minimum atomic E-state index is -0.816. The first kappa shape index (κ1) is 17.7. The number of aryl methyl sites for hydroxylation is 1. The molecule has 142 valence electrons. The summed E-state index contributed by atoms with van der Waals surface area (Å²) in [5.41, 5.74) is 3.08. The van der Waals surface area contributed by atoms with Gasteiger partial charge in [-0.15, -0.1) is 0 Å². The summed E-state index contributed by atoms with van der Waals surface area (Å²) in [5.74, 6) is -0.402. The molecule has 0 saturated carbocycles. The number of aliphatic hydroxyl groups excluding tert-OH is 1. The highest BCUT2D eigenvalue weighted by atomic mass is 16.3. The predicted molar refractivity (Wildman–Crippen MR) is 98.4 cm³/mol. The monoisotopic (exact) mass is 369 g/mol. The molecule has 3 heterocycles. The van der Waals surface area contributed by atoms with Crippen LogP contribution in [-0.4, -0.2) is 74.8 Å². The Hall–Kier alpha value is -2.71. The topological polar surface area (TPSA) is 90.7 Å². The number of hydrogen-bond acceptors (Lipinski definition) is 5. The van der Waals surface area contributed by atoms with E-state index in [1.165, 1.54) is 0 Å². The molecule has 0 aliphatic carbocycles.